The number of amides is 1. The number of nitrogens with one attached hydrogen (secondary N) is 1. The van der Waals surface area contributed by atoms with Gasteiger partial charge in [-0.05, 0) is 25.1 Å². The zero-order valence-corrected chi connectivity index (χ0v) is 11.9. The first-order valence-electron chi connectivity index (χ1n) is 6.49. The van der Waals surface area contributed by atoms with Crippen LogP contribution in [0.15, 0.2) is 36.5 Å². The van der Waals surface area contributed by atoms with Crippen LogP contribution in [-0.4, -0.2) is 24.5 Å². The predicted molar refractivity (Wildman–Crippen MR) is 79.7 cm³/mol. The quantitative estimate of drug-likeness (QED) is 0.823. The Hall–Kier alpha value is -2.76. The normalized spacial score (nSPS) is 10.0. The summed E-state index contributed by atoms with van der Waals surface area (Å²) in [5, 5.41) is 2.68. The van der Waals surface area contributed by atoms with E-state index in [0.717, 1.165) is 0 Å². The monoisotopic (exact) mass is 287 g/mol. The molecule has 0 atom stereocenters. The lowest BCUT2D eigenvalue weighted by Crippen LogP contribution is -2.23. The molecule has 6 heteroatoms. The van der Waals surface area contributed by atoms with Gasteiger partial charge in [-0.2, -0.15) is 0 Å². The number of benzene rings is 1. The van der Waals surface area contributed by atoms with Gasteiger partial charge in [-0.15, -0.1) is 0 Å². The van der Waals surface area contributed by atoms with Gasteiger partial charge in [0.15, 0.2) is 5.75 Å². The first-order valence-corrected chi connectivity index (χ1v) is 6.49. The summed E-state index contributed by atoms with van der Waals surface area (Å²) in [5.41, 5.74) is 6.63. The Morgan fingerprint density at radius 3 is 2.76 bits per heavy atom. The largest absolute Gasteiger partial charge is 0.497 e. The molecule has 0 aliphatic carbocycles. The lowest BCUT2D eigenvalue weighted by molar-refractivity contribution is 0.0950. The van der Waals surface area contributed by atoms with Crippen molar-refractivity contribution in [1.82, 2.24) is 10.3 Å². The third-order valence-electron chi connectivity index (χ3n) is 2.75. The minimum Gasteiger partial charge on any atom is -0.497 e. The van der Waals surface area contributed by atoms with Crippen LogP contribution in [0.2, 0.25) is 0 Å². The van der Waals surface area contributed by atoms with Gasteiger partial charge < -0.3 is 20.5 Å². The smallest absolute Gasteiger partial charge is 0.270 e. The minimum absolute atomic E-state index is 0.245. The molecule has 1 aromatic heterocycles. The van der Waals surface area contributed by atoms with E-state index in [0.29, 0.717) is 35.2 Å². The summed E-state index contributed by atoms with van der Waals surface area (Å²) >= 11 is 0. The molecule has 0 fully saturated rings. The maximum absolute atomic E-state index is 11.7. The highest BCUT2D eigenvalue weighted by Crippen LogP contribution is 2.30. The van der Waals surface area contributed by atoms with Gasteiger partial charge in [0.2, 0.25) is 0 Å². The molecule has 110 valence electrons. The van der Waals surface area contributed by atoms with Crippen LogP contribution in [-0.2, 0) is 0 Å². The van der Waals surface area contributed by atoms with E-state index in [1.165, 1.54) is 6.20 Å². The van der Waals surface area contributed by atoms with Crippen molar-refractivity contribution < 1.29 is 14.3 Å². The SMILES string of the molecule is CCNC(=O)c1cc(Oc2ccc(OC)cc2N)ccn1. The number of hydrogen-bond donors (Lipinski definition) is 2. The second-order valence-electron chi connectivity index (χ2n) is 4.24. The molecular weight excluding hydrogens is 270 g/mol. The summed E-state index contributed by atoms with van der Waals surface area (Å²) in [7, 11) is 1.57. The van der Waals surface area contributed by atoms with Crippen molar-refractivity contribution >= 4 is 11.6 Å². The summed E-state index contributed by atoms with van der Waals surface area (Å²) < 4.78 is 10.8. The first-order chi connectivity index (χ1) is 10.1. The van der Waals surface area contributed by atoms with Gasteiger partial charge in [0.1, 0.15) is 17.2 Å². The van der Waals surface area contributed by atoms with E-state index in [-0.39, 0.29) is 5.91 Å². The highest BCUT2D eigenvalue weighted by Gasteiger charge is 2.09. The van der Waals surface area contributed by atoms with E-state index >= 15 is 0 Å². The number of rotatable bonds is 5. The third-order valence-corrected chi connectivity index (χ3v) is 2.75. The molecule has 2 aromatic rings. The number of nitrogens with zero attached hydrogens (tertiary/aromatic N) is 1. The van der Waals surface area contributed by atoms with E-state index < -0.39 is 0 Å². The molecule has 1 heterocycles. The number of carbonyl (C=O) groups excluding carboxylic acids is 1. The van der Waals surface area contributed by atoms with Gasteiger partial charge in [0, 0.05) is 24.9 Å². The van der Waals surface area contributed by atoms with Gasteiger partial charge >= 0.3 is 0 Å². The molecule has 0 bridgehead atoms. The molecule has 0 aliphatic heterocycles. The summed E-state index contributed by atoms with van der Waals surface area (Å²) in [5.74, 6) is 1.38. The van der Waals surface area contributed by atoms with Gasteiger partial charge in [-0.25, -0.2) is 0 Å². The Labute approximate surface area is 122 Å². The summed E-state index contributed by atoms with van der Waals surface area (Å²) in [6, 6.07) is 8.35. The lowest BCUT2D eigenvalue weighted by atomic mass is 10.2. The number of methoxy groups -OCH3 is 1. The number of ether oxygens (including phenoxy) is 2. The van der Waals surface area contributed by atoms with Crippen molar-refractivity contribution in [3.05, 3.63) is 42.2 Å². The number of hydrogen-bond acceptors (Lipinski definition) is 5. The molecule has 1 aromatic carbocycles. The number of pyridine rings is 1. The van der Waals surface area contributed by atoms with Crippen molar-refractivity contribution in [2.75, 3.05) is 19.4 Å². The first kappa shape index (κ1) is 14.6. The van der Waals surface area contributed by atoms with Crippen LogP contribution < -0.4 is 20.5 Å². The fraction of sp³-hybridized carbons (Fsp3) is 0.200. The van der Waals surface area contributed by atoms with Crippen LogP contribution >= 0.6 is 0 Å². The predicted octanol–water partition coefficient (Wildman–Crippen LogP) is 2.21. The summed E-state index contributed by atoms with van der Waals surface area (Å²) in [6.45, 7) is 2.38. The number of anilines is 1. The Morgan fingerprint density at radius 2 is 2.10 bits per heavy atom. The molecule has 1 amide bonds. The second-order valence-corrected chi connectivity index (χ2v) is 4.24. The van der Waals surface area contributed by atoms with Gasteiger partial charge in [-0.3, -0.25) is 9.78 Å². The Morgan fingerprint density at radius 1 is 1.29 bits per heavy atom. The minimum atomic E-state index is -0.245. The molecule has 0 saturated heterocycles. The molecule has 0 aliphatic rings. The Bertz CT molecular complexity index is 644. The van der Waals surface area contributed by atoms with Crippen LogP contribution in [0.5, 0.6) is 17.2 Å². The lowest BCUT2D eigenvalue weighted by Gasteiger charge is -2.10. The van der Waals surface area contributed by atoms with E-state index in [9.17, 15) is 4.79 Å². The van der Waals surface area contributed by atoms with Crippen LogP contribution in [0.25, 0.3) is 0 Å². The van der Waals surface area contributed by atoms with E-state index in [4.69, 9.17) is 15.2 Å². The number of aromatic nitrogens is 1. The standard InChI is InChI=1S/C15H17N3O3/c1-3-17-15(19)13-9-11(6-7-18-13)21-14-5-4-10(20-2)8-12(14)16/h4-9H,3,16H2,1-2H3,(H,17,19). The van der Waals surface area contributed by atoms with Crippen molar-refractivity contribution in [2.45, 2.75) is 6.92 Å². The number of nitrogens with two attached hydrogens (primary N) is 1. The summed E-state index contributed by atoms with van der Waals surface area (Å²) in [6.07, 6.45) is 1.51. The van der Waals surface area contributed by atoms with Gasteiger partial charge in [0.25, 0.3) is 5.91 Å². The number of carbonyl (C=O) groups is 1. The van der Waals surface area contributed by atoms with Crippen LogP contribution in [0.3, 0.4) is 0 Å². The Kier molecular flexibility index (Phi) is 4.61. The van der Waals surface area contributed by atoms with Crippen molar-refractivity contribution in [2.24, 2.45) is 0 Å². The molecule has 0 radical (unpaired) electrons. The number of nitrogen functional groups attached to an aromatic ring is 1. The van der Waals surface area contributed by atoms with Crippen LogP contribution in [0, 0.1) is 0 Å². The van der Waals surface area contributed by atoms with E-state index in [1.807, 2.05) is 6.92 Å². The topological polar surface area (TPSA) is 86.5 Å². The molecule has 0 saturated carbocycles. The molecule has 6 nitrogen and oxygen atoms in total. The highest BCUT2D eigenvalue weighted by molar-refractivity contribution is 5.92. The average Bonchev–Trinajstić information content (AvgIpc) is 2.50. The second kappa shape index (κ2) is 6.60. The van der Waals surface area contributed by atoms with Crippen molar-refractivity contribution in [1.29, 1.82) is 0 Å². The van der Waals surface area contributed by atoms with E-state index in [2.05, 4.69) is 10.3 Å². The third kappa shape index (κ3) is 3.62. The van der Waals surface area contributed by atoms with Crippen molar-refractivity contribution in [3.8, 4) is 17.2 Å². The van der Waals surface area contributed by atoms with Gasteiger partial charge in [-0.1, -0.05) is 0 Å². The Balaban J connectivity index is 2.20. The van der Waals surface area contributed by atoms with Gasteiger partial charge in [0.05, 0.1) is 12.8 Å². The molecule has 21 heavy (non-hydrogen) atoms. The van der Waals surface area contributed by atoms with Crippen LogP contribution in [0.4, 0.5) is 5.69 Å². The van der Waals surface area contributed by atoms with Crippen molar-refractivity contribution in [3.63, 3.8) is 0 Å². The fourth-order valence-electron chi connectivity index (χ4n) is 1.72. The maximum atomic E-state index is 11.7. The highest BCUT2D eigenvalue weighted by atomic mass is 16.5. The zero-order valence-electron chi connectivity index (χ0n) is 11.9. The maximum Gasteiger partial charge on any atom is 0.270 e. The average molecular weight is 287 g/mol. The molecule has 3 N–H and O–H groups in total. The van der Waals surface area contributed by atoms with Crippen LogP contribution in [0.1, 0.15) is 17.4 Å². The molecule has 2 rings (SSSR count). The molecular formula is C15H17N3O3. The fourth-order valence-corrected chi connectivity index (χ4v) is 1.72. The molecule has 0 unspecified atom stereocenters. The summed E-state index contributed by atoms with van der Waals surface area (Å²) in [4.78, 5) is 15.7. The van der Waals surface area contributed by atoms with E-state index in [1.54, 1.807) is 37.4 Å². The zero-order chi connectivity index (χ0) is 15.2. The molecule has 0 spiro atoms.